The highest BCUT2D eigenvalue weighted by molar-refractivity contribution is 5.91. The summed E-state index contributed by atoms with van der Waals surface area (Å²) in [4.78, 5) is 52.5. The van der Waals surface area contributed by atoms with Crippen LogP contribution < -0.4 is 14.7 Å². The minimum absolute atomic E-state index is 0.0992. The van der Waals surface area contributed by atoms with Gasteiger partial charge in [-0.25, -0.2) is 44.9 Å². The third kappa shape index (κ3) is 18.3. The van der Waals surface area contributed by atoms with Gasteiger partial charge in [-0.15, -0.1) is 0 Å². The van der Waals surface area contributed by atoms with Crippen molar-refractivity contribution in [2.24, 2.45) is 0 Å². The Morgan fingerprint density at radius 3 is 0.460 bits per heavy atom. The molecule has 716 valence electrons. The van der Waals surface area contributed by atoms with E-state index in [4.69, 9.17) is 44.9 Å². The number of fused-ring (bicyclic) bond motifs is 6. The summed E-state index contributed by atoms with van der Waals surface area (Å²) in [7, 11) is 0. The summed E-state index contributed by atoms with van der Waals surface area (Å²) in [5, 5.41) is 0. The highest BCUT2D eigenvalue weighted by Crippen LogP contribution is 2.56. The van der Waals surface area contributed by atoms with Crippen molar-refractivity contribution in [3.8, 4) is 158 Å². The number of aromatic nitrogens is 9. The van der Waals surface area contributed by atoms with E-state index in [0.717, 1.165) is 106 Å². The number of hydrogen-bond acceptors (Lipinski definition) is 12. The van der Waals surface area contributed by atoms with Crippen molar-refractivity contribution in [1.29, 1.82) is 0 Å². The van der Waals surface area contributed by atoms with Gasteiger partial charge < -0.3 is 14.7 Å². The molecule has 0 bridgehead atoms. The van der Waals surface area contributed by atoms with E-state index >= 15 is 0 Å². The monoisotopic (exact) mass is 1930 g/mol. The zero-order valence-corrected chi connectivity index (χ0v) is 84.0. The van der Waals surface area contributed by atoms with Crippen molar-refractivity contribution in [2.45, 2.75) is 57.8 Å². The van der Waals surface area contributed by atoms with E-state index in [1.165, 1.54) is 84.2 Å². The Bertz CT molecular complexity index is 8490. The number of nitrogens with zero attached hydrogens (tertiary/aromatic N) is 12. The van der Waals surface area contributed by atoms with Crippen LogP contribution in [0.5, 0.6) is 0 Å². The van der Waals surface area contributed by atoms with Crippen LogP contribution in [0.3, 0.4) is 0 Å². The molecule has 12 nitrogen and oxygen atoms in total. The van der Waals surface area contributed by atoms with Gasteiger partial charge in [0.2, 0.25) is 0 Å². The maximum atomic E-state index is 5.11. The van der Waals surface area contributed by atoms with E-state index in [-0.39, 0.29) is 16.2 Å². The summed E-state index contributed by atoms with van der Waals surface area (Å²) in [6.45, 7) is 13.9. The van der Waals surface area contributed by atoms with Crippen molar-refractivity contribution in [2.75, 3.05) is 14.7 Å². The molecule has 0 unspecified atom stereocenters. The van der Waals surface area contributed by atoms with Crippen LogP contribution in [-0.2, 0) is 16.2 Å². The molecule has 3 aliphatic rings. The first kappa shape index (κ1) is 93.2. The molecule has 0 amide bonds. The average Bonchev–Trinajstić information content (AvgIpc) is 0.731. The van der Waals surface area contributed by atoms with Crippen LogP contribution in [0.25, 0.3) is 158 Å². The predicted octanol–water partition coefficient (Wildman–Crippen LogP) is 35.3. The Morgan fingerprint density at radius 1 is 0.120 bits per heavy atom. The molecule has 0 saturated carbocycles. The lowest BCUT2D eigenvalue weighted by atomic mass is 9.73. The first-order valence-electron chi connectivity index (χ1n) is 51.0. The van der Waals surface area contributed by atoms with Gasteiger partial charge >= 0.3 is 0 Å². The first-order valence-corrected chi connectivity index (χ1v) is 51.0. The molecular formula is C138H104N12. The fourth-order valence-electron chi connectivity index (χ4n) is 21.3. The van der Waals surface area contributed by atoms with Crippen molar-refractivity contribution < 1.29 is 0 Å². The molecular weight excluding hydrogens is 1830 g/mol. The summed E-state index contributed by atoms with van der Waals surface area (Å²) < 4.78 is 0. The Labute approximate surface area is 875 Å². The molecule has 6 heterocycles. The van der Waals surface area contributed by atoms with Gasteiger partial charge in [0, 0.05) is 83.4 Å². The largest absolute Gasteiger partial charge is 0.310 e. The predicted molar refractivity (Wildman–Crippen MR) is 616 cm³/mol. The maximum Gasteiger partial charge on any atom is 0.164 e. The molecule has 23 aromatic rings. The fraction of sp³-hybridized carbons (Fsp3) is 0.0652. The lowest BCUT2D eigenvalue weighted by Gasteiger charge is -2.42. The molecule has 3 aromatic heterocycles. The average molecular weight is 1930 g/mol. The summed E-state index contributed by atoms with van der Waals surface area (Å²) in [5.41, 5.74) is 37.9. The molecule has 150 heavy (non-hydrogen) atoms. The van der Waals surface area contributed by atoms with Gasteiger partial charge in [-0.3, -0.25) is 0 Å². The molecule has 20 aromatic carbocycles. The second-order valence-electron chi connectivity index (χ2n) is 39.6. The number of anilines is 9. The van der Waals surface area contributed by atoms with Gasteiger partial charge in [0.05, 0.1) is 34.1 Å². The van der Waals surface area contributed by atoms with Crippen LogP contribution in [0, 0.1) is 0 Å². The van der Waals surface area contributed by atoms with Crippen molar-refractivity contribution in [3.05, 3.63) is 555 Å². The lowest BCUT2D eigenvalue weighted by molar-refractivity contribution is 0.632. The lowest BCUT2D eigenvalue weighted by Crippen LogP contribution is -2.30. The number of benzene rings is 20. The molecule has 0 saturated heterocycles. The number of rotatable bonds is 17. The minimum Gasteiger partial charge on any atom is -0.310 e. The summed E-state index contributed by atoms with van der Waals surface area (Å²) in [6, 6.07) is 182. The SMILES string of the molecule is CC1(C)c2ccccc2N(c2ccc(-c3nc(-c4ccc(-c5ccccc5)cc4)nc(-c4ccc(-c5ccccc5)cc4)n3)cc2)c2ccccc21.CC1(C)c2ccccc2N(c2ccc(-c3nc(-c4cccc(-c5ccccc5)c4)nc(-c4cccc(-c5ccccc5)c4)n3)cc2)c2ccccc21.CC1(C)c2ccccc2N(c2ccc(-c3nc(-c4ccccc4)nc(-c4ccc(-c5ccccc5)cc4)n3)cc2)c2ccccc21. The molecule has 0 N–H and O–H groups in total. The zero-order valence-electron chi connectivity index (χ0n) is 84.0. The van der Waals surface area contributed by atoms with E-state index in [0.29, 0.717) is 52.4 Å². The Morgan fingerprint density at radius 2 is 0.253 bits per heavy atom. The molecule has 0 aliphatic carbocycles. The first-order chi connectivity index (χ1) is 73.6. The maximum absolute atomic E-state index is 5.11. The van der Waals surface area contributed by atoms with Crippen LogP contribution in [0.4, 0.5) is 51.2 Å². The summed E-state index contributed by atoms with van der Waals surface area (Å²) in [5.74, 6) is 5.73. The molecule has 0 radical (unpaired) electrons. The normalized spacial score (nSPS) is 13.0. The third-order valence-corrected chi connectivity index (χ3v) is 29.2. The van der Waals surface area contributed by atoms with Gasteiger partial charge in [0.1, 0.15) is 0 Å². The molecule has 12 heteroatoms. The smallest absolute Gasteiger partial charge is 0.164 e. The van der Waals surface area contributed by atoms with Gasteiger partial charge in [0.25, 0.3) is 0 Å². The Balaban J connectivity index is 0.000000120. The summed E-state index contributed by atoms with van der Waals surface area (Å²) in [6.07, 6.45) is 0. The van der Waals surface area contributed by atoms with Crippen LogP contribution >= 0.6 is 0 Å². The van der Waals surface area contributed by atoms with E-state index in [2.05, 4.69) is 517 Å². The summed E-state index contributed by atoms with van der Waals surface area (Å²) >= 11 is 0. The molecule has 3 aliphatic heterocycles. The van der Waals surface area contributed by atoms with Gasteiger partial charge in [-0.05, 0) is 210 Å². The van der Waals surface area contributed by atoms with Crippen LogP contribution in [-0.4, -0.2) is 44.9 Å². The van der Waals surface area contributed by atoms with Crippen LogP contribution in [0.1, 0.15) is 74.9 Å². The molecule has 0 atom stereocenters. The molecule has 0 spiro atoms. The number of hydrogen-bond donors (Lipinski definition) is 0. The fourth-order valence-corrected chi connectivity index (χ4v) is 21.3. The van der Waals surface area contributed by atoms with E-state index in [1.54, 1.807) is 0 Å². The van der Waals surface area contributed by atoms with E-state index in [1.807, 2.05) is 60.7 Å². The number of para-hydroxylation sites is 6. The van der Waals surface area contributed by atoms with E-state index < -0.39 is 0 Å². The highest BCUT2D eigenvalue weighted by Gasteiger charge is 2.40. The van der Waals surface area contributed by atoms with Gasteiger partial charge in [0.15, 0.2) is 52.4 Å². The zero-order chi connectivity index (χ0) is 101. The Hall–Kier alpha value is -19.2. The van der Waals surface area contributed by atoms with Gasteiger partial charge in [-0.1, -0.05) is 442 Å². The molecule has 26 rings (SSSR count). The standard InChI is InChI=1S/2C48H36N4.C42H32N4/c1-48(2)41-23-9-11-25-43(41)52(44-26-12-10-24-42(44)48)40-29-27-35(28-30-40)45-49-46(38-21-13-19-36(31-38)33-15-5-3-6-16-33)51-47(50-45)39-22-14-20-37(32-39)34-17-7-4-8-18-34;1-48(2)41-17-9-11-19-43(41)52(44-20-12-10-18-42(44)48)40-31-29-39(30-32-40)47-50-45(37-25-21-35(22-26-37)33-13-5-3-6-14-33)49-46(51-47)38-27-23-36(24-28-38)34-15-7-4-8-16-34;1-42(2)35-17-9-11-19-37(35)46(38-20-12-10-18-36(38)42)34-27-25-33(26-28-34)41-44-39(31-15-7-4-8-16-31)43-40(45-41)32-23-21-30(22-24-32)29-13-5-3-6-14-29/h2*3-32H,1-2H3;3-28H,1-2H3. The quantitative estimate of drug-likeness (QED) is 0.0861. The van der Waals surface area contributed by atoms with Crippen molar-refractivity contribution >= 4 is 51.2 Å². The van der Waals surface area contributed by atoms with E-state index in [9.17, 15) is 0 Å². The van der Waals surface area contributed by atoms with Crippen molar-refractivity contribution in [3.63, 3.8) is 0 Å². The van der Waals surface area contributed by atoms with Gasteiger partial charge in [-0.2, -0.15) is 0 Å². The topological polar surface area (TPSA) is 126 Å². The highest BCUT2D eigenvalue weighted by atomic mass is 15.2. The van der Waals surface area contributed by atoms with Crippen LogP contribution in [0.2, 0.25) is 0 Å². The second kappa shape index (κ2) is 40.1. The van der Waals surface area contributed by atoms with Crippen LogP contribution in [0.15, 0.2) is 522 Å². The second-order valence-corrected chi connectivity index (χ2v) is 39.6. The molecule has 0 fully saturated rings. The minimum atomic E-state index is -0.114. The van der Waals surface area contributed by atoms with Crippen molar-refractivity contribution in [1.82, 2.24) is 44.9 Å². The third-order valence-electron chi connectivity index (χ3n) is 29.2. The Kier molecular flexibility index (Phi) is 24.9.